The summed E-state index contributed by atoms with van der Waals surface area (Å²) in [5.74, 6) is 0. The fraction of sp³-hybridized carbons (Fsp3) is 0.417. The molecule has 94 valence electrons. The molecular weight excluding hydrogens is 222 g/mol. The Labute approximate surface area is 100 Å². The molecule has 0 saturated carbocycles. The number of benzene rings is 1. The van der Waals surface area contributed by atoms with E-state index in [0.717, 1.165) is 5.56 Å². The number of hydrogen-bond donors (Lipinski definition) is 3. The van der Waals surface area contributed by atoms with E-state index in [1.807, 2.05) is 30.3 Å². The number of aliphatic hydroxyl groups excluding tert-OH is 2. The minimum Gasteiger partial charge on any atom is -0.445 e. The molecule has 0 aliphatic heterocycles. The highest BCUT2D eigenvalue weighted by atomic mass is 16.5. The lowest BCUT2D eigenvalue weighted by Crippen LogP contribution is -2.38. The van der Waals surface area contributed by atoms with Crippen LogP contribution in [0.2, 0.25) is 0 Å². The fourth-order valence-electron chi connectivity index (χ4n) is 1.30. The van der Waals surface area contributed by atoms with Crippen LogP contribution in [0.25, 0.3) is 0 Å². The lowest BCUT2D eigenvalue weighted by molar-refractivity contribution is 0.125. The Morgan fingerprint density at radius 2 is 2.00 bits per heavy atom. The minimum atomic E-state index is -0.596. The van der Waals surface area contributed by atoms with E-state index in [-0.39, 0.29) is 19.8 Å². The summed E-state index contributed by atoms with van der Waals surface area (Å²) in [6, 6.07) is 8.84. The molecule has 0 bridgehead atoms. The van der Waals surface area contributed by atoms with Crippen LogP contribution in [0.1, 0.15) is 12.0 Å². The van der Waals surface area contributed by atoms with E-state index in [9.17, 15) is 4.79 Å². The van der Waals surface area contributed by atoms with E-state index in [4.69, 9.17) is 14.9 Å². The van der Waals surface area contributed by atoms with Crippen LogP contribution in [-0.4, -0.2) is 35.6 Å². The van der Waals surface area contributed by atoms with Gasteiger partial charge in [-0.2, -0.15) is 0 Å². The molecule has 0 aromatic heterocycles. The zero-order valence-corrected chi connectivity index (χ0v) is 9.50. The van der Waals surface area contributed by atoms with Crippen LogP contribution in [0.5, 0.6) is 0 Å². The van der Waals surface area contributed by atoms with Crippen molar-refractivity contribution in [3.63, 3.8) is 0 Å². The van der Waals surface area contributed by atoms with Gasteiger partial charge >= 0.3 is 6.09 Å². The van der Waals surface area contributed by atoms with Crippen molar-refractivity contribution in [2.24, 2.45) is 0 Å². The number of alkyl carbamates (subject to hydrolysis) is 1. The van der Waals surface area contributed by atoms with E-state index in [0.29, 0.717) is 6.42 Å². The number of carbonyl (C=O) groups is 1. The van der Waals surface area contributed by atoms with Crippen molar-refractivity contribution in [1.82, 2.24) is 5.32 Å². The zero-order chi connectivity index (χ0) is 12.5. The maximum atomic E-state index is 11.3. The molecule has 0 saturated heterocycles. The number of aliphatic hydroxyl groups is 2. The van der Waals surface area contributed by atoms with Crippen LogP contribution in [-0.2, 0) is 11.3 Å². The van der Waals surface area contributed by atoms with Crippen molar-refractivity contribution in [2.75, 3.05) is 13.2 Å². The Kier molecular flexibility index (Phi) is 6.06. The molecular formula is C12H17NO4. The van der Waals surface area contributed by atoms with Gasteiger partial charge in [-0.05, 0) is 12.0 Å². The Morgan fingerprint density at radius 1 is 1.29 bits per heavy atom. The summed E-state index contributed by atoms with van der Waals surface area (Å²) < 4.78 is 4.96. The SMILES string of the molecule is O=C(N[C@@H](CO)CCO)OCc1ccccc1. The molecule has 1 atom stereocenters. The summed E-state index contributed by atoms with van der Waals surface area (Å²) in [4.78, 5) is 11.3. The number of carbonyl (C=O) groups excluding carboxylic acids is 1. The lowest BCUT2D eigenvalue weighted by Gasteiger charge is -2.14. The second-order valence-corrected chi connectivity index (χ2v) is 3.60. The molecule has 1 aromatic carbocycles. The average Bonchev–Trinajstić information content (AvgIpc) is 2.37. The van der Waals surface area contributed by atoms with Gasteiger partial charge in [0.2, 0.25) is 0 Å². The summed E-state index contributed by atoms with van der Waals surface area (Å²) in [5, 5.41) is 20.1. The standard InChI is InChI=1S/C12H17NO4/c14-7-6-11(8-15)13-12(16)17-9-10-4-2-1-3-5-10/h1-5,11,14-15H,6-9H2,(H,13,16)/t11-/m1/s1. The normalized spacial score (nSPS) is 11.9. The number of amides is 1. The van der Waals surface area contributed by atoms with Gasteiger partial charge in [0.1, 0.15) is 6.61 Å². The third kappa shape index (κ3) is 5.33. The van der Waals surface area contributed by atoms with Gasteiger partial charge in [-0.1, -0.05) is 30.3 Å². The number of ether oxygens (including phenoxy) is 1. The monoisotopic (exact) mass is 239 g/mol. The maximum Gasteiger partial charge on any atom is 0.407 e. The van der Waals surface area contributed by atoms with Gasteiger partial charge in [0, 0.05) is 6.61 Å². The number of nitrogens with one attached hydrogen (secondary N) is 1. The van der Waals surface area contributed by atoms with E-state index >= 15 is 0 Å². The molecule has 5 nitrogen and oxygen atoms in total. The maximum absolute atomic E-state index is 11.3. The zero-order valence-electron chi connectivity index (χ0n) is 9.50. The Morgan fingerprint density at radius 3 is 2.59 bits per heavy atom. The predicted molar refractivity (Wildman–Crippen MR) is 62.3 cm³/mol. The average molecular weight is 239 g/mol. The van der Waals surface area contributed by atoms with Crippen LogP contribution in [0.15, 0.2) is 30.3 Å². The topological polar surface area (TPSA) is 78.8 Å². The summed E-state index contributed by atoms with van der Waals surface area (Å²) >= 11 is 0. The molecule has 1 amide bonds. The van der Waals surface area contributed by atoms with E-state index < -0.39 is 12.1 Å². The van der Waals surface area contributed by atoms with E-state index in [1.54, 1.807) is 0 Å². The smallest absolute Gasteiger partial charge is 0.407 e. The minimum absolute atomic E-state index is 0.0931. The van der Waals surface area contributed by atoms with Gasteiger partial charge in [-0.15, -0.1) is 0 Å². The fourth-order valence-corrected chi connectivity index (χ4v) is 1.30. The van der Waals surface area contributed by atoms with E-state index in [1.165, 1.54) is 0 Å². The highest BCUT2D eigenvalue weighted by Crippen LogP contribution is 2.01. The van der Waals surface area contributed by atoms with Crippen LogP contribution in [0, 0.1) is 0 Å². The first-order valence-corrected chi connectivity index (χ1v) is 5.45. The molecule has 0 unspecified atom stereocenters. The first-order chi connectivity index (χ1) is 8.26. The van der Waals surface area contributed by atoms with Crippen molar-refractivity contribution >= 4 is 6.09 Å². The summed E-state index contributed by atoms with van der Waals surface area (Å²) in [6.07, 6.45) is -0.293. The molecule has 0 aliphatic carbocycles. The first kappa shape index (κ1) is 13.5. The van der Waals surface area contributed by atoms with Crippen molar-refractivity contribution in [2.45, 2.75) is 19.1 Å². The highest BCUT2D eigenvalue weighted by Gasteiger charge is 2.11. The second-order valence-electron chi connectivity index (χ2n) is 3.60. The van der Waals surface area contributed by atoms with Crippen molar-refractivity contribution < 1.29 is 19.7 Å². The van der Waals surface area contributed by atoms with Crippen LogP contribution >= 0.6 is 0 Å². The second kappa shape index (κ2) is 7.65. The van der Waals surface area contributed by atoms with Gasteiger partial charge in [-0.3, -0.25) is 0 Å². The molecule has 17 heavy (non-hydrogen) atoms. The van der Waals surface area contributed by atoms with Gasteiger partial charge < -0.3 is 20.3 Å². The molecule has 3 N–H and O–H groups in total. The molecule has 0 spiro atoms. The molecule has 5 heteroatoms. The van der Waals surface area contributed by atoms with Gasteiger partial charge in [0.25, 0.3) is 0 Å². The summed E-state index contributed by atoms with van der Waals surface area (Å²) in [6.45, 7) is -0.130. The summed E-state index contributed by atoms with van der Waals surface area (Å²) in [7, 11) is 0. The first-order valence-electron chi connectivity index (χ1n) is 5.45. The van der Waals surface area contributed by atoms with Crippen LogP contribution < -0.4 is 5.32 Å². The quantitative estimate of drug-likeness (QED) is 0.681. The lowest BCUT2D eigenvalue weighted by atomic mass is 10.2. The van der Waals surface area contributed by atoms with Crippen molar-refractivity contribution in [3.05, 3.63) is 35.9 Å². The number of rotatable bonds is 6. The van der Waals surface area contributed by atoms with Gasteiger partial charge in [0.15, 0.2) is 0 Å². The van der Waals surface area contributed by atoms with E-state index in [2.05, 4.69) is 5.32 Å². The Bertz CT molecular complexity index is 329. The van der Waals surface area contributed by atoms with Crippen molar-refractivity contribution in [3.8, 4) is 0 Å². The van der Waals surface area contributed by atoms with Crippen LogP contribution in [0.3, 0.4) is 0 Å². The molecule has 0 aliphatic rings. The Hall–Kier alpha value is -1.59. The third-order valence-corrected chi connectivity index (χ3v) is 2.23. The molecule has 0 radical (unpaired) electrons. The van der Waals surface area contributed by atoms with Gasteiger partial charge in [0.05, 0.1) is 12.6 Å². The number of hydrogen-bond acceptors (Lipinski definition) is 4. The summed E-state index contributed by atoms with van der Waals surface area (Å²) in [5.41, 5.74) is 0.894. The van der Waals surface area contributed by atoms with Gasteiger partial charge in [-0.25, -0.2) is 4.79 Å². The third-order valence-electron chi connectivity index (χ3n) is 2.23. The highest BCUT2D eigenvalue weighted by molar-refractivity contribution is 5.67. The molecule has 1 aromatic rings. The van der Waals surface area contributed by atoms with Crippen LogP contribution in [0.4, 0.5) is 4.79 Å². The van der Waals surface area contributed by atoms with Crippen molar-refractivity contribution in [1.29, 1.82) is 0 Å². The Balaban J connectivity index is 2.30. The molecule has 0 fully saturated rings. The predicted octanol–water partition coefficient (Wildman–Crippen LogP) is 0.656. The molecule has 0 heterocycles. The molecule has 1 rings (SSSR count). The largest absolute Gasteiger partial charge is 0.445 e.